The van der Waals surface area contributed by atoms with Gasteiger partial charge >= 0.3 is 0 Å². The van der Waals surface area contributed by atoms with Crippen LogP contribution in [0, 0.1) is 23.5 Å². The average Bonchev–Trinajstić information content (AvgIpc) is 3.45. The van der Waals surface area contributed by atoms with Crippen LogP contribution >= 0.6 is 11.6 Å². The van der Waals surface area contributed by atoms with Crippen molar-refractivity contribution in [3.63, 3.8) is 0 Å². The van der Waals surface area contributed by atoms with Crippen molar-refractivity contribution in [1.29, 1.82) is 0 Å². The van der Waals surface area contributed by atoms with Crippen LogP contribution in [0.2, 0.25) is 5.02 Å². The normalized spacial score (nSPS) is 18.5. The van der Waals surface area contributed by atoms with Crippen molar-refractivity contribution < 1.29 is 27.2 Å². The SMILES string of the molecule is CC(c1ncc(N2C[C@H]3C[C@H]3C2=O)cc1F)n1cc(NC(=O)c2cncc(-c3c(C(F)F)ccc(Cl)c3F)n2)cn1. The van der Waals surface area contributed by atoms with Crippen molar-refractivity contribution in [2.75, 3.05) is 16.8 Å². The van der Waals surface area contributed by atoms with Crippen LogP contribution in [0.1, 0.15) is 47.6 Å². The first-order valence-electron chi connectivity index (χ1n) is 12.5. The number of carbonyl (C=O) groups is 2. The molecule has 2 fully saturated rings. The number of piperidine rings is 1. The largest absolute Gasteiger partial charge is 0.318 e. The topological polar surface area (TPSA) is 106 Å². The molecule has 41 heavy (non-hydrogen) atoms. The zero-order valence-corrected chi connectivity index (χ0v) is 22.0. The van der Waals surface area contributed by atoms with Gasteiger partial charge in [0.1, 0.15) is 17.2 Å². The zero-order valence-electron chi connectivity index (χ0n) is 21.2. The second-order valence-corrected chi connectivity index (χ2v) is 10.3. The Hall–Kier alpha value is -4.39. The van der Waals surface area contributed by atoms with Crippen molar-refractivity contribution in [3.8, 4) is 11.3 Å². The molecule has 6 rings (SSSR count). The molecule has 1 saturated carbocycles. The summed E-state index contributed by atoms with van der Waals surface area (Å²) >= 11 is 5.78. The van der Waals surface area contributed by atoms with E-state index in [0.29, 0.717) is 18.2 Å². The van der Waals surface area contributed by atoms with E-state index in [9.17, 15) is 22.8 Å². The molecule has 1 N–H and O–H groups in total. The number of fused-ring (bicyclic) bond motifs is 1. The molecule has 2 amide bonds. The van der Waals surface area contributed by atoms with Gasteiger partial charge in [0.2, 0.25) is 5.91 Å². The highest BCUT2D eigenvalue weighted by Crippen LogP contribution is 2.47. The van der Waals surface area contributed by atoms with Crippen molar-refractivity contribution in [2.45, 2.75) is 25.8 Å². The summed E-state index contributed by atoms with van der Waals surface area (Å²) in [6, 6.07) is 2.60. The number of aromatic nitrogens is 5. The molecule has 1 aliphatic heterocycles. The van der Waals surface area contributed by atoms with Crippen LogP contribution in [0.25, 0.3) is 11.3 Å². The highest BCUT2D eigenvalue weighted by molar-refractivity contribution is 6.31. The van der Waals surface area contributed by atoms with Crippen LogP contribution in [0.5, 0.6) is 0 Å². The second kappa shape index (κ2) is 10.2. The van der Waals surface area contributed by atoms with Gasteiger partial charge in [0.05, 0.1) is 52.9 Å². The molecule has 0 bridgehead atoms. The number of carbonyl (C=O) groups excluding carboxylic acids is 2. The summed E-state index contributed by atoms with van der Waals surface area (Å²) in [5.74, 6) is -2.11. The Morgan fingerprint density at radius 3 is 2.68 bits per heavy atom. The number of nitrogens with zero attached hydrogens (tertiary/aromatic N) is 6. The van der Waals surface area contributed by atoms with Crippen molar-refractivity contribution in [3.05, 3.63) is 82.8 Å². The van der Waals surface area contributed by atoms with E-state index in [1.54, 1.807) is 11.8 Å². The monoisotopic (exact) mass is 585 g/mol. The average molecular weight is 586 g/mol. The van der Waals surface area contributed by atoms with Gasteiger partial charge in [-0.1, -0.05) is 17.7 Å². The number of rotatable bonds is 7. The summed E-state index contributed by atoms with van der Waals surface area (Å²) in [6.45, 7) is 2.23. The van der Waals surface area contributed by atoms with E-state index in [2.05, 4.69) is 25.4 Å². The second-order valence-electron chi connectivity index (χ2n) is 9.87. The number of benzene rings is 1. The quantitative estimate of drug-likeness (QED) is 0.289. The summed E-state index contributed by atoms with van der Waals surface area (Å²) in [5.41, 5.74) is -1.06. The molecular formula is C27H20ClF4N7O2. The summed E-state index contributed by atoms with van der Waals surface area (Å²) in [5, 5.41) is 6.34. The maximum atomic E-state index is 15.0. The van der Waals surface area contributed by atoms with E-state index in [0.717, 1.165) is 30.9 Å². The Labute approximate surface area is 235 Å². The van der Waals surface area contributed by atoms with Crippen LogP contribution in [0.15, 0.2) is 49.2 Å². The number of halogens is 5. The fourth-order valence-corrected chi connectivity index (χ4v) is 5.10. The van der Waals surface area contributed by atoms with E-state index >= 15 is 4.39 Å². The molecule has 210 valence electrons. The van der Waals surface area contributed by atoms with E-state index in [1.165, 1.54) is 29.3 Å². The lowest BCUT2D eigenvalue weighted by molar-refractivity contribution is -0.118. The fourth-order valence-electron chi connectivity index (χ4n) is 4.94. The summed E-state index contributed by atoms with van der Waals surface area (Å²) < 4.78 is 58.1. The van der Waals surface area contributed by atoms with Crippen LogP contribution in [-0.2, 0) is 4.79 Å². The van der Waals surface area contributed by atoms with Crippen LogP contribution in [-0.4, -0.2) is 43.1 Å². The lowest BCUT2D eigenvalue weighted by atomic mass is 10.0. The third-order valence-electron chi connectivity index (χ3n) is 7.23. The van der Waals surface area contributed by atoms with Gasteiger partial charge in [0.15, 0.2) is 5.82 Å². The maximum Gasteiger partial charge on any atom is 0.275 e. The molecule has 1 aliphatic carbocycles. The molecule has 1 saturated heterocycles. The van der Waals surface area contributed by atoms with Crippen LogP contribution in [0.3, 0.4) is 0 Å². The van der Waals surface area contributed by atoms with Gasteiger partial charge in [0.25, 0.3) is 12.3 Å². The number of hydrogen-bond donors (Lipinski definition) is 1. The predicted octanol–water partition coefficient (Wildman–Crippen LogP) is 5.45. The maximum absolute atomic E-state index is 15.0. The van der Waals surface area contributed by atoms with Crippen LogP contribution < -0.4 is 10.2 Å². The third kappa shape index (κ3) is 4.90. The van der Waals surface area contributed by atoms with Crippen LogP contribution in [0.4, 0.5) is 28.9 Å². The molecular weight excluding hydrogens is 566 g/mol. The van der Waals surface area contributed by atoms with Gasteiger partial charge in [-0.05, 0) is 25.3 Å². The van der Waals surface area contributed by atoms with E-state index < -0.39 is 41.1 Å². The molecule has 0 spiro atoms. The smallest absolute Gasteiger partial charge is 0.275 e. The van der Waals surface area contributed by atoms with E-state index in [-0.39, 0.29) is 39.6 Å². The summed E-state index contributed by atoms with van der Waals surface area (Å²) in [7, 11) is 0. The number of amides is 2. The first-order valence-corrected chi connectivity index (χ1v) is 12.9. The highest BCUT2D eigenvalue weighted by Gasteiger charge is 2.52. The molecule has 14 heteroatoms. The van der Waals surface area contributed by atoms with Crippen molar-refractivity contribution >= 4 is 34.8 Å². The Balaban J connectivity index is 1.18. The fraction of sp³-hybridized carbons (Fsp3) is 0.259. The highest BCUT2D eigenvalue weighted by atomic mass is 35.5. The lowest BCUT2D eigenvalue weighted by Gasteiger charge is -2.19. The Morgan fingerprint density at radius 1 is 1.17 bits per heavy atom. The minimum atomic E-state index is -3.02. The predicted molar refractivity (Wildman–Crippen MR) is 140 cm³/mol. The molecule has 3 atom stereocenters. The standard InChI is InChI=1S/C27H20ClF4N7O2/c1-12(24-19(29)5-15(7-34-24)38-10-13-4-17(13)27(38)41)39-11-14(6-35-39)36-26(40)21-9-33-8-20(37-21)22-16(25(31)32)2-3-18(28)23(22)30/h2-3,5-9,11-13,17,25H,4,10H2,1H3,(H,36,40)/t12?,13-,17-/m1/s1. The summed E-state index contributed by atoms with van der Waals surface area (Å²) in [6.07, 6.45) is 4.22. The van der Waals surface area contributed by atoms with Crippen molar-refractivity contribution in [2.24, 2.45) is 11.8 Å². The number of nitrogens with one attached hydrogen (secondary N) is 1. The van der Waals surface area contributed by atoms with Gasteiger partial charge in [-0.25, -0.2) is 22.5 Å². The molecule has 3 aromatic heterocycles. The molecule has 1 aromatic carbocycles. The first kappa shape index (κ1) is 26.8. The van der Waals surface area contributed by atoms with E-state index in [1.807, 2.05) is 0 Å². The molecule has 9 nitrogen and oxygen atoms in total. The number of hydrogen-bond acceptors (Lipinski definition) is 6. The molecule has 0 radical (unpaired) electrons. The molecule has 4 aromatic rings. The van der Waals surface area contributed by atoms with E-state index in [4.69, 9.17) is 11.6 Å². The van der Waals surface area contributed by atoms with Gasteiger partial charge < -0.3 is 10.2 Å². The van der Waals surface area contributed by atoms with Gasteiger partial charge in [0, 0.05) is 35.9 Å². The first-order chi connectivity index (χ1) is 19.6. The molecule has 4 heterocycles. The van der Waals surface area contributed by atoms with Gasteiger partial charge in [-0.2, -0.15) is 5.10 Å². The minimum Gasteiger partial charge on any atom is -0.318 e. The molecule has 1 unspecified atom stereocenters. The summed E-state index contributed by atoms with van der Waals surface area (Å²) in [4.78, 5) is 38.8. The molecule has 2 aliphatic rings. The third-order valence-corrected chi connectivity index (χ3v) is 7.52. The lowest BCUT2D eigenvalue weighted by Crippen LogP contribution is -2.28. The minimum absolute atomic E-state index is 0.00755. The number of alkyl halides is 2. The Bertz CT molecular complexity index is 1700. The number of pyridine rings is 1. The van der Waals surface area contributed by atoms with Crippen molar-refractivity contribution in [1.82, 2.24) is 24.7 Å². The Morgan fingerprint density at radius 2 is 1.98 bits per heavy atom. The van der Waals surface area contributed by atoms with Gasteiger partial charge in [-0.15, -0.1) is 0 Å². The van der Waals surface area contributed by atoms with Gasteiger partial charge in [-0.3, -0.25) is 24.2 Å². The Kier molecular flexibility index (Phi) is 6.68. The zero-order chi connectivity index (χ0) is 29.0. The number of anilines is 2.